The van der Waals surface area contributed by atoms with Crippen LogP contribution in [0, 0.1) is 0 Å². The van der Waals surface area contributed by atoms with Crippen LogP contribution in [0.4, 0.5) is 5.69 Å². The van der Waals surface area contributed by atoms with Crippen molar-refractivity contribution < 1.29 is 18.3 Å². The molecule has 0 aliphatic rings. The number of unbranched alkanes of at least 4 members (excludes halogenated alkanes) is 13. The number of carboxylic acid groups (broad SMARTS) is 1. The van der Waals surface area contributed by atoms with Crippen LogP contribution in [0.1, 0.15) is 107 Å². The van der Waals surface area contributed by atoms with E-state index in [0.717, 1.165) is 19.3 Å². The van der Waals surface area contributed by atoms with Gasteiger partial charge in [-0.25, -0.2) is 13.2 Å². The fraction of sp³-hybridized carbons (Fsp3) is 0.696. The van der Waals surface area contributed by atoms with Gasteiger partial charge in [0.2, 0.25) is 10.0 Å². The molecule has 0 aliphatic carbocycles. The molecular weight excluding hydrogens is 386 g/mol. The van der Waals surface area contributed by atoms with E-state index in [1.165, 1.54) is 76.3 Å². The van der Waals surface area contributed by atoms with Crippen LogP contribution < -0.4 is 4.72 Å². The highest BCUT2D eigenvalue weighted by atomic mass is 32.2. The Balaban J connectivity index is 2.05. The Kier molecular flexibility index (Phi) is 13.4. The minimum absolute atomic E-state index is 0.0268. The van der Waals surface area contributed by atoms with Crippen molar-refractivity contribution in [2.45, 2.75) is 96.8 Å². The van der Waals surface area contributed by atoms with E-state index in [1.807, 2.05) is 0 Å². The van der Waals surface area contributed by atoms with Gasteiger partial charge in [0.15, 0.2) is 0 Å². The third-order valence-corrected chi connectivity index (χ3v) is 6.55. The van der Waals surface area contributed by atoms with Crippen LogP contribution in [0.25, 0.3) is 0 Å². The smallest absolute Gasteiger partial charge is 0.337 e. The van der Waals surface area contributed by atoms with E-state index in [0.29, 0.717) is 6.42 Å². The highest BCUT2D eigenvalue weighted by molar-refractivity contribution is 7.92. The second-order valence-corrected chi connectivity index (χ2v) is 9.71. The number of sulfonamides is 1. The zero-order chi connectivity index (χ0) is 21.4. The second kappa shape index (κ2) is 15.3. The number of rotatable bonds is 18. The molecule has 0 radical (unpaired) electrons. The topological polar surface area (TPSA) is 83.5 Å². The lowest BCUT2D eigenvalue weighted by Crippen LogP contribution is -2.18. The van der Waals surface area contributed by atoms with E-state index < -0.39 is 16.0 Å². The summed E-state index contributed by atoms with van der Waals surface area (Å²) in [7, 11) is -3.52. The largest absolute Gasteiger partial charge is 0.478 e. The molecular formula is C23H39NO4S. The zero-order valence-electron chi connectivity index (χ0n) is 18.0. The van der Waals surface area contributed by atoms with Crippen LogP contribution in [0.3, 0.4) is 0 Å². The van der Waals surface area contributed by atoms with E-state index in [1.54, 1.807) is 12.1 Å². The van der Waals surface area contributed by atoms with Crippen molar-refractivity contribution in [2.24, 2.45) is 0 Å². The van der Waals surface area contributed by atoms with Gasteiger partial charge in [0.05, 0.1) is 17.0 Å². The molecule has 166 valence electrons. The maximum atomic E-state index is 12.2. The lowest BCUT2D eigenvalue weighted by atomic mass is 10.0. The molecule has 1 aromatic rings. The summed E-state index contributed by atoms with van der Waals surface area (Å²) in [5.74, 6) is -1.11. The van der Waals surface area contributed by atoms with E-state index in [-0.39, 0.29) is 17.0 Å². The summed E-state index contributed by atoms with van der Waals surface area (Å²) in [6.45, 7) is 2.25. The molecule has 29 heavy (non-hydrogen) atoms. The van der Waals surface area contributed by atoms with Crippen molar-refractivity contribution in [3.05, 3.63) is 29.8 Å². The molecule has 1 aromatic carbocycles. The van der Waals surface area contributed by atoms with Gasteiger partial charge in [-0.2, -0.15) is 0 Å². The predicted octanol–water partition coefficient (Wildman–Crippen LogP) is 6.61. The molecule has 0 aliphatic heterocycles. The first kappa shape index (κ1) is 25.5. The second-order valence-electron chi connectivity index (χ2n) is 7.87. The number of hydrogen-bond donors (Lipinski definition) is 2. The molecule has 1 rings (SSSR count). The fourth-order valence-corrected chi connectivity index (χ4v) is 4.66. The molecule has 6 heteroatoms. The molecule has 0 unspecified atom stereocenters. The van der Waals surface area contributed by atoms with Crippen LogP contribution >= 0.6 is 0 Å². The van der Waals surface area contributed by atoms with Gasteiger partial charge in [0.25, 0.3) is 0 Å². The Hall–Kier alpha value is -1.56. The van der Waals surface area contributed by atoms with Crippen molar-refractivity contribution >= 4 is 21.7 Å². The van der Waals surface area contributed by atoms with Crippen LogP contribution in [0.15, 0.2) is 24.3 Å². The van der Waals surface area contributed by atoms with Crippen molar-refractivity contribution in [1.82, 2.24) is 0 Å². The van der Waals surface area contributed by atoms with Gasteiger partial charge in [-0.05, 0) is 18.6 Å². The maximum absolute atomic E-state index is 12.2. The Morgan fingerprint density at radius 3 is 1.72 bits per heavy atom. The van der Waals surface area contributed by atoms with Gasteiger partial charge in [-0.1, -0.05) is 103 Å². The minimum Gasteiger partial charge on any atom is -0.478 e. The number of aromatic carboxylic acids is 1. The number of anilines is 1. The Morgan fingerprint density at radius 2 is 1.24 bits per heavy atom. The molecule has 2 N–H and O–H groups in total. The molecule has 0 atom stereocenters. The third kappa shape index (κ3) is 12.6. The first-order valence-electron chi connectivity index (χ1n) is 11.3. The Labute approximate surface area is 177 Å². The van der Waals surface area contributed by atoms with Gasteiger partial charge in [0.1, 0.15) is 0 Å². The standard InChI is InChI=1S/C23H39NO4S/c1-2-3-4-5-6-7-8-9-10-11-12-13-14-17-20-29(27,28)24-22-19-16-15-18-21(22)23(25)26/h15-16,18-19,24H,2-14,17,20H2,1H3,(H,25,26). The molecule has 0 bridgehead atoms. The first-order chi connectivity index (χ1) is 14.0. The molecule has 5 nitrogen and oxygen atoms in total. The zero-order valence-corrected chi connectivity index (χ0v) is 18.8. The fourth-order valence-electron chi connectivity index (χ4n) is 3.46. The summed E-state index contributed by atoms with van der Waals surface area (Å²) in [4.78, 5) is 11.2. The van der Waals surface area contributed by atoms with E-state index in [4.69, 9.17) is 5.11 Å². The monoisotopic (exact) mass is 425 g/mol. The van der Waals surface area contributed by atoms with E-state index in [9.17, 15) is 13.2 Å². The molecule has 0 spiro atoms. The van der Waals surface area contributed by atoms with Crippen LogP contribution in [0.2, 0.25) is 0 Å². The molecule has 0 fully saturated rings. The SMILES string of the molecule is CCCCCCCCCCCCCCCCS(=O)(=O)Nc1ccccc1C(=O)O. The average molecular weight is 426 g/mol. The summed E-state index contributed by atoms with van der Waals surface area (Å²) in [5, 5.41) is 9.14. The molecule has 0 saturated heterocycles. The van der Waals surface area contributed by atoms with Gasteiger partial charge in [-0.3, -0.25) is 4.72 Å². The Bertz CT molecular complexity index is 673. The first-order valence-corrected chi connectivity index (χ1v) is 12.9. The predicted molar refractivity (Wildman–Crippen MR) is 121 cm³/mol. The highest BCUT2D eigenvalue weighted by Gasteiger charge is 2.15. The van der Waals surface area contributed by atoms with E-state index >= 15 is 0 Å². The molecule has 0 heterocycles. The van der Waals surface area contributed by atoms with Crippen molar-refractivity contribution in [1.29, 1.82) is 0 Å². The molecule has 0 saturated carbocycles. The molecule has 0 aromatic heterocycles. The Morgan fingerprint density at radius 1 is 0.793 bits per heavy atom. The van der Waals surface area contributed by atoms with Crippen LogP contribution in [-0.4, -0.2) is 25.2 Å². The number of hydrogen-bond acceptors (Lipinski definition) is 3. The lowest BCUT2D eigenvalue weighted by molar-refractivity contribution is 0.0698. The minimum atomic E-state index is -3.52. The number of carboxylic acids is 1. The summed E-state index contributed by atoms with van der Waals surface area (Å²) in [6.07, 6.45) is 17.0. The van der Waals surface area contributed by atoms with Crippen molar-refractivity contribution in [3.8, 4) is 0 Å². The normalized spacial score (nSPS) is 11.5. The average Bonchev–Trinajstić information content (AvgIpc) is 2.68. The highest BCUT2D eigenvalue weighted by Crippen LogP contribution is 2.18. The van der Waals surface area contributed by atoms with Gasteiger partial charge >= 0.3 is 5.97 Å². The van der Waals surface area contributed by atoms with Gasteiger partial charge < -0.3 is 5.11 Å². The summed E-state index contributed by atoms with van der Waals surface area (Å²) in [6, 6.07) is 6.07. The number of benzene rings is 1. The van der Waals surface area contributed by atoms with Crippen molar-refractivity contribution in [3.63, 3.8) is 0 Å². The van der Waals surface area contributed by atoms with Gasteiger partial charge in [-0.15, -0.1) is 0 Å². The number of carbonyl (C=O) groups is 1. The van der Waals surface area contributed by atoms with Crippen LogP contribution in [0.5, 0.6) is 0 Å². The molecule has 0 amide bonds. The number of para-hydroxylation sites is 1. The van der Waals surface area contributed by atoms with Gasteiger partial charge in [0, 0.05) is 0 Å². The van der Waals surface area contributed by atoms with E-state index in [2.05, 4.69) is 11.6 Å². The summed E-state index contributed by atoms with van der Waals surface area (Å²) < 4.78 is 26.8. The maximum Gasteiger partial charge on any atom is 0.337 e. The summed E-state index contributed by atoms with van der Waals surface area (Å²) >= 11 is 0. The third-order valence-electron chi connectivity index (χ3n) is 5.19. The van der Waals surface area contributed by atoms with Crippen molar-refractivity contribution in [2.75, 3.05) is 10.5 Å². The van der Waals surface area contributed by atoms with Crippen LogP contribution in [-0.2, 0) is 10.0 Å². The number of nitrogens with one attached hydrogen (secondary N) is 1. The quantitative estimate of drug-likeness (QED) is 0.259. The lowest BCUT2D eigenvalue weighted by Gasteiger charge is -2.10. The summed E-state index contributed by atoms with van der Waals surface area (Å²) in [5.41, 5.74) is 0.0994.